The summed E-state index contributed by atoms with van der Waals surface area (Å²) in [5, 5.41) is 4.09. The molecule has 9 heteroatoms. The first-order valence-corrected chi connectivity index (χ1v) is 15.6. The zero-order valence-electron chi connectivity index (χ0n) is 25.0. The Morgan fingerprint density at radius 2 is 1.80 bits per heavy atom. The van der Waals surface area contributed by atoms with E-state index in [0.29, 0.717) is 52.0 Å². The summed E-state index contributed by atoms with van der Waals surface area (Å²) in [5.74, 6) is 0.327. The number of piperidine rings is 1. The van der Waals surface area contributed by atoms with Gasteiger partial charge in [-0.05, 0) is 62.1 Å². The van der Waals surface area contributed by atoms with Gasteiger partial charge in [-0.25, -0.2) is 4.79 Å². The SMILES string of the molecule is CC1(C)CC(=O)c2sc(N3CCOCC3)c(-c3cccc(CC(=O)N4CCC(NC(=O)OC(C)(C)C)CC4)c3)c2C1. The Kier molecular flexibility index (Phi) is 8.48. The number of hydrogen-bond acceptors (Lipinski definition) is 7. The summed E-state index contributed by atoms with van der Waals surface area (Å²) in [6, 6.07) is 8.29. The summed E-state index contributed by atoms with van der Waals surface area (Å²) < 4.78 is 11.0. The minimum Gasteiger partial charge on any atom is -0.444 e. The Morgan fingerprint density at radius 3 is 2.49 bits per heavy atom. The van der Waals surface area contributed by atoms with E-state index in [4.69, 9.17) is 9.47 Å². The molecule has 3 aliphatic rings. The lowest BCUT2D eigenvalue weighted by Gasteiger charge is -2.33. The minimum atomic E-state index is -0.535. The summed E-state index contributed by atoms with van der Waals surface area (Å²) in [6.45, 7) is 14.1. The van der Waals surface area contributed by atoms with E-state index in [9.17, 15) is 14.4 Å². The predicted octanol–water partition coefficient (Wildman–Crippen LogP) is 5.47. The fourth-order valence-corrected chi connectivity index (χ4v) is 7.39. The van der Waals surface area contributed by atoms with Gasteiger partial charge in [0.15, 0.2) is 5.78 Å². The number of ether oxygens (including phenoxy) is 2. The minimum absolute atomic E-state index is 0.00700. The number of nitrogens with one attached hydrogen (secondary N) is 1. The molecule has 0 spiro atoms. The van der Waals surface area contributed by atoms with Gasteiger partial charge < -0.3 is 24.6 Å². The third-order valence-electron chi connectivity index (χ3n) is 7.97. The Bertz CT molecular complexity index is 1300. The first kappa shape index (κ1) is 29.6. The van der Waals surface area contributed by atoms with Gasteiger partial charge in [-0.15, -0.1) is 11.3 Å². The van der Waals surface area contributed by atoms with Crippen LogP contribution in [0.3, 0.4) is 0 Å². The van der Waals surface area contributed by atoms with Crippen molar-refractivity contribution in [1.82, 2.24) is 10.2 Å². The molecule has 3 heterocycles. The molecule has 1 aliphatic carbocycles. The van der Waals surface area contributed by atoms with Crippen molar-refractivity contribution in [3.63, 3.8) is 0 Å². The Labute approximate surface area is 247 Å². The van der Waals surface area contributed by atoms with E-state index in [2.05, 4.69) is 36.2 Å². The van der Waals surface area contributed by atoms with Crippen LogP contribution in [0.5, 0.6) is 0 Å². The average Bonchev–Trinajstić information content (AvgIpc) is 3.27. The molecule has 5 rings (SSSR count). The number of alkyl carbamates (subject to hydrolysis) is 1. The highest BCUT2D eigenvalue weighted by Gasteiger charge is 2.37. The second-order valence-corrected chi connectivity index (χ2v) is 14.3. The van der Waals surface area contributed by atoms with Gasteiger partial charge in [0.1, 0.15) is 5.60 Å². The average molecular weight is 582 g/mol. The van der Waals surface area contributed by atoms with E-state index in [1.807, 2.05) is 37.8 Å². The summed E-state index contributed by atoms with van der Waals surface area (Å²) in [7, 11) is 0. The van der Waals surface area contributed by atoms with E-state index in [1.54, 1.807) is 11.3 Å². The van der Waals surface area contributed by atoms with E-state index in [1.165, 1.54) is 0 Å². The number of amides is 2. The first-order chi connectivity index (χ1) is 19.4. The number of hydrogen-bond donors (Lipinski definition) is 1. The molecule has 0 radical (unpaired) electrons. The molecule has 1 aromatic carbocycles. The van der Waals surface area contributed by atoms with Crippen molar-refractivity contribution >= 4 is 34.1 Å². The number of nitrogens with zero attached hydrogens (tertiary/aromatic N) is 2. The number of likely N-dealkylation sites (tertiary alicyclic amines) is 1. The topological polar surface area (TPSA) is 88.2 Å². The van der Waals surface area contributed by atoms with Crippen molar-refractivity contribution in [2.45, 2.75) is 78.4 Å². The van der Waals surface area contributed by atoms with Crippen molar-refractivity contribution in [3.8, 4) is 11.1 Å². The van der Waals surface area contributed by atoms with Gasteiger partial charge in [0.05, 0.1) is 29.5 Å². The predicted molar refractivity (Wildman–Crippen MR) is 162 cm³/mol. The van der Waals surface area contributed by atoms with E-state index in [-0.39, 0.29) is 23.1 Å². The second kappa shape index (κ2) is 11.8. The van der Waals surface area contributed by atoms with Crippen LogP contribution in [0.4, 0.5) is 9.80 Å². The molecule has 0 saturated carbocycles. The number of Topliss-reactive ketones (excluding diaryl/α,β-unsaturated/α-hetero) is 1. The van der Waals surface area contributed by atoms with Crippen molar-refractivity contribution in [1.29, 1.82) is 0 Å². The molecule has 2 saturated heterocycles. The molecule has 1 N–H and O–H groups in total. The zero-order chi connectivity index (χ0) is 29.4. The summed E-state index contributed by atoms with van der Waals surface area (Å²) in [4.78, 5) is 43.8. The number of anilines is 1. The molecular weight excluding hydrogens is 538 g/mol. The van der Waals surface area contributed by atoms with Crippen molar-refractivity contribution in [2.24, 2.45) is 5.41 Å². The molecule has 8 nitrogen and oxygen atoms in total. The third kappa shape index (κ3) is 7.12. The molecule has 2 aromatic rings. The van der Waals surface area contributed by atoms with Gasteiger partial charge >= 0.3 is 6.09 Å². The number of ketones is 1. The first-order valence-electron chi connectivity index (χ1n) is 14.8. The van der Waals surface area contributed by atoms with Gasteiger partial charge in [-0.1, -0.05) is 38.1 Å². The van der Waals surface area contributed by atoms with Crippen molar-refractivity contribution in [2.75, 3.05) is 44.3 Å². The van der Waals surface area contributed by atoms with Crippen LogP contribution in [0.1, 0.15) is 74.7 Å². The largest absolute Gasteiger partial charge is 0.444 e. The monoisotopic (exact) mass is 581 g/mol. The fourth-order valence-electron chi connectivity index (χ4n) is 6.06. The summed E-state index contributed by atoms with van der Waals surface area (Å²) >= 11 is 1.63. The normalized spacial score (nSPS) is 19.6. The van der Waals surface area contributed by atoms with Gasteiger partial charge in [-0.2, -0.15) is 0 Å². The zero-order valence-corrected chi connectivity index (χ0v) is 25.8. The second-order valence-electron chi connectivity index (χ2n) is 13.3. The van der Waals surface area contributed by atoms with Gasteiger partial charge in [0, 0.05) is 44.2 Å². The van der Waals surface area contributed by atoms with Crippen molar-refractivity contribution in [3.05, 3.63) is 40.3 Å². The van der Waals surface area contributed by atoms with Crippen LogP contribution in [0.25, 0.3) is 11.1 Å². The molecule has 0 bridgehead atoms. The van der Waals surface area contributed by atoms with E-state index < -0.39 is 11.7 Å². The maximum Gasteiger partial charge on any atom is 0.407 e. The van der Waals surface area contributed by atoms with Crippen LogP contribution >= 0.6 is 11.3 Å². The lowest BCUT2D eigenvalue weighted by molar-refractivity contribution is -0.131. The number of benzene rings is 1. The summed E-state index contributed by atoms with van der Waals surface area (Å²) in [5.41, 5.74) is 3.72. The van der Waals surface area contributed by atoms with Gasteiger partial charge in [0.25, 0.3) is 0 Å². The Morgan fingerprint density at radius 1 is 1.10 bits per heavy atom. The highest BCUT2D eigenvalue weighted by atomic mass is 32.1. The molecular formula is C32H43N3O5S. The number of carbonyl (C=O) groups is 3. The summed E-state index contributed by atoms with van der Waals surface area (Å²) in [6.07, 6.45) is 2.76. The number of thiophene rings is 1. The van der Waals surface area contributed by atoms with Crippen LogP contribution in [0.15, 0.2) is 24.3 Å². The Hall–Kier alpha value is -2.91. The van der Waals surface area contributed by atoms with Gasteiger partial charge in [-0.3, -0.25) is 9.59 Å². The third-order valence-corrected chi connectivity index (χ3v) is 9.31. The number of morpholine rings is 1. The van der Waals surface area contributed by atoms with E-state index in [0.717, 1.165) is 51.6 Å². The highest BCUT2D eigenvalue weighted by molar-refractivity contribution is 7.19. The molecule has 2 amide bonds. The molecule has 2 fully saturated rings. The van der Waals surface area contributed by atoms with Crippen molar-refractivity contribution < 1.29 is 23.9 Å². The van der Waals surface area contributed by atoms with E-state index >= 15 is 0 Å². The molecule has 0 atom stereocenters. The molecule has 2 aliphatic heterocycles. The highest BCUT2D eigenvalue weighted by Crippen LogP contribution is 2.49. The molecule has 1 aromatic heterocycles. The number of carbonyl (C=O) groups excluding carboxylic acids is 3. The number of fused-ring (bicyclic) bond motifs is 1. The maximum atomic E-state index is 13.3. The van der Waals surface area contributed by atoms with Crippen LogP contribution < -0.4 is 10.2 Å². The fraction of sp³-hybridized carbons (Fsp3) is 0.594. The number of rotatable bonds is 5. The van der Waals surface area contributed by atoms with Crippen LogP contribution in [-0.4, -0.2) is 73.7 Å². The quantitative estimate of drug-likeness (QED) is 0.504. The maximum absolute atomic E-state index is 13.3. The molecule has 41 heavy (non-hydrogen) atoms. The van der Waals surface area contributed by atoms with Gasteiger partial charge in [0.2, 0.25) is 5.91 Å². The lowest BCUT2D eigenvalue weighted by atomic mass is 9.75. The molecule has 222 valence electrons. The smallest absolute Gasteiger partial charge is 0.407 e. The van der Waals surface area contributed by atoms with Crippen LogP contribution in [0, 0.1) is 5.41 Å². The lowest BCUT2D eigenvalue weighted by Crippen LogP contribution is -2.47. The standard InChI is InChI=1S/C32H43N3O5S/c1-31(2,3)40-30(38)33-23-9-11-34(12-10-23)26(37)18-21-7-6-8-22(17-21)27-24-19-32(4,5)20-25(36)28(24)41-29(27)35-13-15-39-16-14-35/h6-8,17,23H,9-16,18-20H2,1-5H3,(H,33,38). The molecule has 0 unspecified atom stereocenters. The van der Waals surface area contributed by atoms with Crippen LogP contribution in [0.2, 0.25) is 0 Å². The van der Waals surface area contributed by atoms with Crippen LogP contribution in [-0.2, 0) is 27.1 Å². The Balaban J connectivity index is 1.31.